The first-order valence-electron chi connectivity index (χ1n) is 8.33. The lowest BCUT2D eigenvalue weighted by molar-refractivity contribution is 0.0945. The Labute approximate surface area is 175 Å². The van der Waals surface area contributed by atoms with Gasteiger partial charge in [0.05, 0.1) is 10.7 Å². The molecule has 1 amide bonds. The molecule has 0 aliphatic carbocycles. The first-order chi connectivity index (χ1) is 11.7. The van der Waals surface area contributed by atoms with Gasteiger partial charge in [-0.2, -0.15) is 0 Å². The third-order valence-corrected chi connectivity index (χ3v) is 5.99. The Morgan fingerprint density at radius 1 is 1.35 bits per heavy atom. The van der Waals surface area contributed by atoms with Crippen LogP contribution in [0.1, 0.15) is 33.9 Å². The maximum absolute atomic E-state index is 12.2. The van der Waals surface area contributed by atoms with E-state index in [1.165, 1.54) is 12.8 Å². The van der Waals surface area contributed by atoms with Gasteiger partial charge in [0.1, 0.15) is 0 Å². The van der Waals surface area contributed by atoms with E-state index in [1.54, 1.807) is 23.1 Å². The van der Waals surface area contributed by atoms with Crippen molar-refractivity contribution in [2.75, 3.05) is 19.6 Å². The number of nitrogens with one attached hydrogen (secondary N) is 2. The summed E-state index contributed by atoms with van der Waals surface area (Å²) >= 11 is 3.43. The summed E-state index contributed by atoms with van der Waals surface area (Å²) in [5.41, 5.74) is 1.85. The predicted molar refractivity (Wildman–Crippen MR) is 115 cm³/mol. The summed E-state index contributed by atoms with van der Waals surface area (Å²) in [4.78, 5) is 17.9. The second-order valence-corrected chi connectivity index (χ2v) is 8.20. The van der Waals surface area contributed by atoms with E-state index in [1.807, 2.05) is 31.2 Å². The summed E-state index contributed by atoms with van der Waals surface area (Å²) in [7, 11) is 0. The van der Waals surface area contributed by atoms with E-state index in [2.05, 4.69) is 21.0 Å². The van der Waals surface area contributed by atoms with Crippen molar-refractivity contribution in [3.8, 4) is 0 Å². The van der Waals surface area contributed by atoms with Gasteiger partial charge in [-0.1, -0.05) is 0 Å². The van der Waals surface area contributed by atoms with Crippen LogP contribution < -0.4 is 10.6 Å². The van der Waals surface area contributed by atoms with Crippen LogP contribution in [-0.4, -0.2) is 30.5 Å². The zero-order chi connectivity index (χ0) is 16.8. The van der Waals surface area contributed by atoms with Gasteiger partial charge in [0.15, 0.2) is 0 Å². The van der Waals surface area contributed by atoms with Crippen LogP contribution in [0, 0.1) is 12.8 Å². The molecular formula is C18H25Cl2N3OS2. The fourth-order valence-electron chi connectivity index (χ4n) is 2.77. The summed E-state index contributed by atoms with van der Waals surface area (Å²) < 4.78 is 0. The minimum absolute atomic E-state index is 0. The largest absolute Gasteiger partial charge is 0.352 e. The normalized spacial score (nSPS) is 16.3. The van der Waals surface area contributed by atoms with Crippen LogP contribution >= 0.6 is 47.9 Å². The number of aromatic nitrogens is 1. The number of nitrogens with zero attached hydrogens (tertiary/aromatic N) is 1. The SMILES string of the molecule is Cc1nc(CSc2ccc(C(=O)NCC3CCCNC3)cc2)cs1.Cl.Cl. The first-order valence-corrected chi connectivity index (χ1v) is 10.2. The second-order valence-electron chi connectivity index (χ2n) is 6.09. The lowest BCUT2D eigenvalue weighted by Crippen LogP contribution is -2.38. The van der Waals surface area contributed by atoms with Gasteiger partial charge in [0.25, 0.3) is 5.91 Å². The Kier molecular flexibility index (Phi) is 10.6. The monoisotopic (exact) mass is 433 g/mol. The van der Waals surface area contributed by atoms with E-state index in [9.17, 15) is 4.79 Å². The van der Waals surface area contributed by atoms with Gasteiger partial charge in [-0.3, -0.25) is 4.79 Å². The number of rotatable bonds is 6. The highest BCUT2D eigenvalue weighted by Crippen LogP contribution is 2.23. The molecule has 2 heterocycles. The third kappa shape index (κ3) is 7.08. The van der Waals surface area contributed by atoms with Crippen molar-refractivity contribution in [1.29, 1.82) is 0 Å². The van der Waals surface area contributed by atoms with Gasteiger partial charge >= 0.3 is 0 Å². The van der Waals surface area contributed by atoms with Gasteiger partial charge in [0.2, 0.25) is 0 Å². The number of benzene rings is 1. The van der Waals surface area contributed by atoms with Crippen molar-refractivity contribution >= 4 is 53.8 Å². The Morgan fingerprint density at radius 3 is 2.73 bits per heavy atom. The van der Waals surface area contributed by atoms with E-state index < -0.39 is 0 Å². The number of halogens is 2. The molecule has 0 spiro atoms. The molecule has 1 saturated heterocycles. The second kappa shape index (κ2) is 11.8. The highest BCUT2D eigenvalue weighted by molar-refractivity contribution is 7.98. The zero-order valence-corrected chi connectivity index (χ0v) is 18.0. The molecule has 2 aromatic rings. The molecule has 3 rings (SSSR count). The van der Waals surface area contributed by atoms with Crippen LogP contribution in [0.15, 0.2) is 34.5 Å². The molecule has 1 aromatic heterocycles. The van der Waals surface area contributed by atoms with Crippen molar-refractivity contribution < 1.29 is 4.79 Å². The molecule has 144 valence electrons. The number of carbonyl (C=O) groups is 1. The summed E-state index contributed by atoms with van der Waals surface area (Å²) in [5, 5.41) is 9.63. The van der Waals surface area contributed by atoms with E-state index in [0.717, 1.165) is 46.5 Å². The summed E-state index contributed by atoms with van der Waals surface area (Å²) in [6.45, 7) is 4.89. The van der Waals surface area contributed by atoms with Crippen molar-refractivity contribution in [2.24, 2.45) is 5.92 Å². The lowest BCUT2D eigenvalue weighted by atomic mass is 10.00. The summed E-state index contributed by atoms with van der Waals surface area (Å²) in [5.74, 6) is 1.44. The number of thiazole rings is 1. The molecule has 0 radical (unpaired) electrons. The number of carbonyl (C=O) groups excluding carboxylic acids is 1. The smallest absolute Gasteiger partial charge is 0.251 e. The predicted octanol–water partition coefficient (Wildman–Crippen LogP) is 4.32. The number of hydrogen-bond acceptors (Lipinski definition) is 5. The minimum Gasteiger partial charge on any atom is -0.352 e. The van der Waals surface area contributed by atoms with Gasteiger partial charge in [-0.15, -0.1) is 47.9 Å². The van der Waals surface area contributed by atoms with E-state index in [-0.39, 0.29) is 30.7 Å². The Hall–Kier alpha value is -0.790. The molecule has 1 atom stereocenters. The van der Waals surface area contributed by atoms with Crippen molar-refractivity contribution in [1.82, 2.24) is 15.6 Å². The maximum atomic E-state index is 12.2. The van der Waals surface area contributed by atoms with Crippen molar-refractivity contribution in [2.45, 2.75) is 30.4 Å². The highest BCUT2D eigenvalue weighted by Gasteiger charge is 2.14. The van der Waals surface area contributed by atoms with Crippen LogP contribution in [0.3, 0.4) is 0 Å². The molecule has 0 bridgehead atoms. The molecule has 1 aliphatic heterocycles. The van der Waals surface area contributed by atoms with Crippen LogP contribution in [-0.2, 0) is 5.75 Å². The number of amides is 1. The Morgan fingerprint density at radius 2 is 2.12 bits per heavy atom. The molecule has 1 aliphatic rings. The fraction of sp³-hybridized carbons (Fsp3) is 0.444. The number of thioether (sulfide) groups is 1. The van der Waals surface area contributed by atoms with E-state index in [0.29, 0.717) is 5.92 Å². The Bertz CT molecular complexity index is 673. The summed E-state index contributed by atoms with van der Waals surface area (Å²) in [6.07, 6.45) is 2.39. The number of hydrogen-bond donors (Lipinski definition) is 2. The topological polar surface area (TPSA) is 54.0 Å². The zero-order valence-electron chi connectivity index (χ0n) is 14.7. The minimum atomic E-state index is 0. The molecule has 0 saturated carbocycles. The summed E-state index contributed by atoms with van der Waals surface area (Å²) in [6, 6.07) is 7.84. The van der Waals surface area contributed by atoms with Crippen molar-refractivity contribution in [3.05, 3.63) is 45.9 Å². The van der Waals surface area contributed by atoms with E-state index in [4.69, 9.17) is 0 Å². The van der Waals surface area contributed by atoms with Crippen LogP contribution in [0.4, 0.5) is 0 Å². The molecule has 1 aromatic carbocycles. The lowest BCUT2D eigenvalue weighted by Gasteiger charge is -2.22. The average molecular weight is 434 g/mol. The average Bonchev–Trinajstić information content (AvgIpc) is 3.04. The maximum Gasteiger partial charge on any atom is 0.251 e. The molecule has 4 nitrogen and oxygen atoms in total. The standard InChI is InChI=1S/C18H23N3OS2.2ClH/c1-13-21-16(11-23-13)12-24-17-6-4-15(5-7-17)18(22)20-10-14-3-2-8-19-9-14;;/h4-7,11,14,19H,2-3,8-10,12H2,1H3,(H,20,22);2*1H. The fourth-order valence-corrected chi connectivity index (χ4v) is 4.28. The molecule has 1 unspecified atom stereocenters. The quantitative estimate of drug-likeness (QED) is 0.665. The number of aryl methyl sites for hydroxylation is 1. The molecule has 1 fully saturated rings. The first kappa shape index (κ1) is 23.2. The molecular weight excluding hydrogens is 409 g/mol. The van der Waals surface area contributed by atoms with Crippen LogP contribution in [0.2, 0.25) is 0 Å². The third-order valence-electron chi connectivity index (χ3n) is 4.12. The van der Waals surface area contributed by atoms with E-state index >= 15 is 0 Å². The van der Waals surface area contributed by atoms with Crippen LogP contribution in [0.25, 0.3) is 0 Å². The van der Waals surface area contributed by atoms with Gasteiger partial charge in [-0.05, 0) is 63.0 Å². The molecule has 8 heteroatoms. The van der Waals surface area contributed by atoms with Crippen molar-refractivity contribution in [3.63, 3.8) is 0 Å². The van der Waals surface area contributed by atoms with Gasteiger partial charge in [-0.25, -0.2) is 4.98 Å². The number of piperidine rings is 1. The van der Waals surface area contributed by atoms with Gasteiger partial charge < -0.3 is 10.6 Å². The highest BCUT2D eigenvalue weighted by atomic mass is 35.5. The Balaban J connectivity index is 0.00000169. The molecule has 26 heavy (non-hydrogen) atoms. The molecule has 2 N–H and O–H groups in total. The van der Waals surface area contributed by atoms with Crippen LogP contribution in [0.5, 0.6) is 0 Å². The van der Waals surface area contributed by atoms with Gasteiger partial charge in [0, 0.05) is 28.1 Å².